The van der Waals surface area contributed by atoms with Crippen LogP contribution in [-0.4, -0.2) is 59.1 Å². The normalized spacial score (nSPS) is 16.8. The number of hydrogen-bond acceptors (Lipinski definition) is 4. The minimum absolute atomic E-state index is 0.268. The van der Waals surface area contributed by atoms with Crippen LogP contribution in [0.1, 0.15) is 24.8 Å². The van der Waals surface area contributed by atoms with Gasteiger partial charge in [-0.3, -0.25) is 9.69 Å². The first-order chi connectivity index (χ1) is 11.5. The molecule has 2 heterocycles. The lowest BCUT2D eigenvalue weighted by Crippen LogP contribution is -2.42. The topological polar surface area (TPSA) is 98.2 Å². The number of aryl methyl sites for hydroxylation is 1. The SMILES string of the molecule is O=C(CN1CCCC1)N1CCCc2ccccc21.O=C(O)C(=O)O. The first-order valence-electron chi connectivity index (χ1n) is 8.06. The molecule has 2 aliphatic rings. The number of nitrogens with zero attached hydrogens (tertiary/aromatic N) is 2. The van der Waals surface area contributed by atoms with Gasteiger partial charge in [0.25, 0.3) is 0 Å². The molecule has 7 nitrogen and oxygen atoms in total. The van der Waals surface area contributed by atoms with Crippen molar-refractivity contribution in [1.82, 2.24) is 4.90 Å². The molecule has 0 atom stereocenters. The van der Waals surface area contributed by atoms with E-state index < -0.39 is 11.9 Å². The number of carboxylic acids is 2. The van der Waals surface area contributed by atoms with Gasteiger partial charge in [0.2, 0.25) is 5.91 Å². The van der Waals surface area contributed by atoms with E-state index in [4.69, 9.17) is 19.8 Å². The summed E-state index contributed by atoms with van der Waals surface area (Å²) in [5.41, 5.74) is 2.45. The van der Waals surface area contributed by atoms with Gasteiger partial charge in [0.05, 0.1) is 6.54 Å². The maximum atomic E-state index is 12.4. The minimum Gasteiger partial charge on any atom is -0.473 e. The summed E-state index contributed by atoms with van der Waals surface area (Å²) in [6.45, 7) is 3.64. The van der Waals surface area contributed by atoms with Crippen molar-refractivity contribution >= 4 is 23.5 Å². The highest BCUT2D eigenvalue weighted by Gasteiger charge is 2.24. The Morgan fingerprint density at radius 3 is 2.17 bits per heavy atom. The van der Waals surface area contributed by atoms with Crippen LogP contribution in [0.3, 0.4) is 0 Å². The number of anilines is 1. The highest BCUT2D eigenvalue weighted by molar-refractivity contribution is 6.27. The number of amides is 1. The van der Waals surface area contributed by atoms with Crippen LogP contribution >= 0.6 is 0 Å². The third-order valence-corrected chi connectivity index (χ3v) is 4.15. The van der Waals surface area contributed by atoms with Crippen molar-refractivity contribution in [1.29, 1.82) is 0 Å². The third-order valence-electron chi connectivity index (χ3n) is 4.15. The number of fused-ring (bicyclic) bond motifs is 1. The number of carbonyl (C=O) groups excluding carboxylic acids is 1. The second-order valence-electron chi connectivity index (χ2n) is 5.87. The fourth-order valence-corrected chi connectivity index (χ4v) is 3.01. The third kappa shape index (κ3) is 4.79. The molecule has 0 saturated carbocycles. The van der Waals surface area contributed by atoms with Gasteiger partial charge in [-0.2, -0.15) is 0 Å². The van der Waals surface area contributed by atoms with Crippen LogP contribution in [0.2, 0.25) is 0 Å². The Morgan fingerprint density at radius 1 is 0.917 bits per heavy atom. The van der Waals surface area contributed by atoms with Crippen molar-refractivity contribution in [2.45, 2.75) is 25.7 Å². The fourth-order valence-electron chi connectivity index (χ4n) is 3.01. The molecule has 0 radical (unpaired) electrons. The Labute approximate surface area is 140 Å². The number of rotatable bonds is 2. The molecule has 0 aliphatic carbocycles. The van der Waals surface area contributed by atoms with E-state index >= 15 is 0 Å². The van der Waals surface area contributed by atoms with Gasteiger partial charge in [0.15, 0.2) is 0 Å². The van der Waals surface area contributed by atoms with Gasteiger partial charge in [-0.05, 0) is 50.4 Å². The van der Waals surface area contributed by atoms with Crippen molar-refractivity contribution in [3.05, 3.63) is 29.8 Å². The molecule has 1 saturated heterocycles. The Kier molecular flexibility index (Phi) is 6.31. The zero-order chi connectivity index (χ0) is 17.5. The number of likely N-dealkylation sites (tertiary alicyclic amines) is 1. The van der Waals surface area contributed by atoms with Crippen LogP contribution in [0.25, 0.3) is 0 Å². The van der Waals surface area contributed by atoms with Gasteiger partial charge in [-0.25, -0.2) is 9.59 Å². The molecular formula is C17H22N2O5. The highest BCUT2D eigenvalue weighted by Crippen LogP contribution is 2.26. The van der Waals surface area contributed by atoms with Gasteiger partial charge < -0.3 is 15.1 Å². The van der Waals surface area contributed by atoms with Gasteiger partial charge in [0.1, 0.15) is 0 Å². The monoisotopic (exact) mass is 334 g/mol. The molecule has 2 N–H and O–H groups in total. The minimum atomic E-state index is -1.82. The number of carbonyl (C=O) groups is 3. The lowest BCUT2D eigenvalue weighted by atomic mass is 10.0. The van der Waals surface area contributed by atoms with Gasteiger partial charge in [-0.15, -0.1) is 0 Å². The number of benzene rings is 1. The first-order valence-corrected chi connectivity index (χ1v) is 8.06. The predicted octanol–water partition coefficient (Wildman–Crippen LogP) is 1.22. The second-order valence-corrected chi connectivity index (χ2v) is 5.87. The number of carboxylic acid groups (broad SMARTS) is 2. The lowest BCUT2D eigenvalue weighted by Gasteiger charge is -2.30. The smallest absolute Gasteiger partial charge is 0.414 e. The summed E-state index contributed by atoms with van der Waals surface area (Å²) >= 11 is 0. The quantitative estimate of drug-likeness (QED) is 0.789. The molecule has 24 heavy (non-hydrogen) atoms. The number of para-hydroxylation sites is 1. The average molecular weight is 334 g/mol. The molecular weight excluding hydrogens is 312 g/mol. The van der Waals surface area contributed by atoms with Crippen molar-refractivity contribution in [2.75, 3.05) is 31.1 Å². The Balaban J connectivity index is 0.000000301. The molecule has 1 aromatic carbocycles. The summed E-state index contributed by atoms with van der Waals surface area (Å²) < 4.78 is 0. The van der Waals surface area contributed by atoms with Gasteiger partial charge >= 0.3 is 11.9 Å². The van der Waals surface area contributed by atoms with Crippen LogP contribution in [0, 0.1) is 0 Å². The average Bonchev–Trinajstić information content (AvgIpc) is 3.07. The largest absolute Gasteiger partial charge is 0.473 e. The van der Waals surface area contributed by atoms with E-state index in [0.717, 1.165) is 38.2 Å². The second kappa shape index (κ2) is 8.44. The van der Waals surface area contributed by atoms with Crippen molar-refractivity contribution in [3.63, 3.8) is 0 Å². The van der Waals surface area contributed by atoms with Crippen LogP contribution in [0.5, 0.6) is 0 Å². The van der Waals surface area contributed by atoms with Crippen LogP contribution in [-0.2, 0) is 20.8 Å². The summed E-state index contributed by atoms with van der Waals surface area (Å²) in [5, 5.41) is 14.8. The zero-order valence-corrected chi connectivity index (χ0v) is 13.5. The standard InChI is InChI=1S/C15H20N2O.C2H2O4/c18-15(12-16-9-3-4-10-16)17-11-5-7-13-6-1-2-8-14(13)17;3-1(4)2(5)6/h1-2,6,8H,3-5,7,9-12H2;(H,3,4)(H,5,6). The van der Waals surface area contributed by atoms with Crippen molar-refractivity contribution in [3.8, 4) is 0 Å². The molecule has 130 valence electrons. The lowest BCUT2D eigenvalue weighted by molar-refractivity contribution is -0.159. The van der Waals surface area contributed by atoms with E-state index in [1.807, 2.05) is 11.0 Å². The fraction of sp³-hybridized carbons (Fsp3) is 0.471. The molecule has 3 rings (SSSR count). The van der Waals surface area contributed by atoms with E-state index in [1.54, 1.807) is 0 Å². The van der Waals surface area contributed by atoms with Crippen molar-refractivity contribution in [2.24, 2.45) is 0 Å². The molecule has 0 unspecified atom stereocenters. The molecule has 0 bridgehead atoms. The summed E-state index contributed by atoms with van der Waals surface area (Å²) in [4.78, 5) is 34.9. The summed E-state index contributed by atoms with van der Waals surface area (Å²) in [6.07, 6.45) is 4.67. The number of hydrogen-bond donors (Lipinski definition) is 2. The molecule has 2 aliphatic heterocycles. The molecule has 0 aromatic heterocycles. The molecule has 1 aromatic rings. The Bertz CT molecular complexity index is 599. The first kappa shape index (κ1) is 17.9. The van der Waals surface area contributed by atoms with Crippen molar-refractivity contribution < 1.29 is 24.6 Å². The molecule has 7 heteroatoms. The Hall–Kier alpha value is -2.41. The molecule has 0 spiro atoms. The Morgan fingerprint density at radius 2 is 1.54 bits per heavy atom. The molecule has 1 amide bonds. The zero-order valence-electron chi connectivity index (χ0n) is 13.5. The van der Waals surface area contributed by atoms with E-state index in [-0.39, 0.29) is 5.91 Å². The van der Waals surface area contributed by atoms with E-state index in [2.05, 4.69) is 23.1 Å². The van der Waals surface area contributed by atoms with Gasteiger partial charge in [-0.1, -0.05) is 18.2 Å². The van der Waals surface area contributed by atoms with E-state index in [1.165, 1.54) is 18.4 Å². The van der Waals surface area contributed by atoms with Gasteiger partial charge in [0, 0.05) is 12.2 Å². The predicted molar refractivity (Wildman–Crippen MR) is 88.1 cm³/mol. The maximum Gasteiger partial charge on any atom is 0.414 e. The summed E-state index contributed by atoms with van der Waals surface area (Å²) in [6, 6.07) is 8.31. The summed E-state index contributed by atoms with van der Waals surface area (Å²) in [7, 11) is 0. The van der Waals surface area contributed by atoms with Crippen LogP contribution in [0.4, 0.5) is 5.69 Å². The van der Waals surface area contributed by atoms with E-state index in [9.17, 15) is 4.79 Å². The maximum absolute atomic E-state index is 12.4. The number of aliphatic carboxylic acids is 2. The van der Waals surface area contributed by atoms with Crippen LogP contribution < -0.4 is 4.90 Å². The van der Waals surface area contributed by atoms with Crippen LogP contribution in [0.15, 0.2) is 24.3 Å². The van der Waals surface area contributed by atoms with E-state index in [0.29, 0.717) is 6.54 Å². The summed E-state index contributed by atoms with van der Waals surface area (Å²) in [5.74, 6) is -3.38. The highest BCUT2D eigenvalue weighted by atomic mass is 16.4. The molecule has 1 fully saturated rings.